The first-order valence-electron chi connectivity index (χ1n) is 9.83. The molecule has 3 aromatic rings. The van der Waals surface area contributed by atoms with E-state index in [1.54, 1.807) is 0 Å². The second-order valence-electron chi connectivity index (χ2n) is 8.54. The highest BCUT2D eigenvalue weighted by Crippen LogP contribution is 2.29. The number of hydrogen-bond donors (Lipinski definition) is 1. The molecule has 1 unspecified atom stereocenters. The number of nitrogens with zero attached hydrogens (tertiary/aromatic N) is 2. The van der Waals surface area contributed by atoms with Gasteiger partial charge < -0.3 is 14.6 Å². The maximum absolute atomic E-state index is 12.5. The van der Waals surface area contributed by atoms with Crippen LogP contribution < -0.4 is 5.32 Å². The van der Waals surface area contributed by atoms with E-state index in [4.69, 9.17) is 9.72 Å². The van der Waals surface area contributed by atoms with Crippen molar-refractivity contribution in [3.05, 3.63) is 64.4 Å². The van der Waals surface area contributed by atoms with Gasteiger partial charge in [0.05, 0.1) is 17.1 Å². The van der Waals surface area contributed by atoms with Crippen LogP contribution in [0.5, 0.6) is 0 Å². The van der Waals surface area contributed by atoms with Crippen molar-refractivity contribution < 1.29 is 9.53 Å². The maximum Gasteiger partial charge on any atom is 0.408 e. The summed E-state index contributed by atoms with van der Waals surface area (Å²) in [4.78, 5) is 17.4. The predicted octanol–water partition coefficient (Wildman–Crippen LogP) is 6.07. The Labute approximate surface area is 180 Å². The minimum Gasteiger partial charge on any atom is -0.444 e. The molecule has 0 saturated carbocycles. The van der Waals surface area contributed by atoms with Gasteiger partial charge in [-0.3, -0.25) is 0 Å². The molecule has 1 atom stereocenters. The van der Waals surface area contributed by atoms with Gasteiger partial charge in [0.25, 0.3) is 0 Å². The zero-order valence-corrected chi connectivity index (χ0v) is 19.2. The number of benzene rings is 2. The highest BCUT2D eigenvalue weighted by atomic mass is 79.9. The van der Waals surface area contributed by atoms with E-state index in [2.05, 4.69) is 57.9 Å². The van der Waals surface area contributed by atoms with Gasteiger partial charge in [0.1, 0.15) is 11.4 Å². The lowest BCUT2D eigenvalue weighted by Gasteiger charge is -2.26. The summed E-state index contributed by atoms with van der Waals surface area (Å²) in [5, 5.41) is 3.03. The van der Waals surface area contributed by atoms with E-state index in [9.17, 15) is 4.79 Å². The van der Waals surface area contributed by atoms with Gasteiger partial charge >= 0.3 is 6.09 Å². The van der Waals surface area contributed by atoms with E-state index in [1.807, 2.05) is 51.1 Å². The van der Waals surface area contributed by atoms with Gasteiger partial charge in [-0.05, 0) is 50.5 Å². The average molecular weight is 458 g/mol. The molecule has 5 nitrogen and oxygen atoms in total. The van der Waals surface area contributed by atoms with E-state index in [0.717, 1.165) is 21.3 Å². The van der Waals surface area contributed by atoms with Crippen LogP contribution in [-0.4, -0.2) is 21.2 Å². The number of fused-ring (bicyclic) bond motifs is 1. The number of halogens is 1. The fourth-order valence-corrected chi connectivity index (χ4v) is 3.60. The number of nitrogens with one attached hydrogen (secondary N) is 1. The zero-order valence-electron chi connectivity index (χ0n) is 17.6. The van der Waals surface area contributed by atoms with Crippen molar-refractivity contribution in [1.29, 1.82) is 0 Å². The summed E-state index contributed by atoms with van der Waals surface area (Å²) in [5.74, 6) is 0.958. The van der Waals surface area contributed by atoms with Crippen LogP contribution in [0.2, 0.25) is 0 Å². The number of carbonyl (C=O) groups is 1. The van der Waals surface area contributed by atoms with Crippen LogP contribution in [0, 0.1) is 5.92 Å². The molecule has 1 amide bonds. The van der Waals surface area contributed by atoms with Crippen molar-refractivity contribution in [3.8, 4) is 0 Å². The number of rotatable bonds is 5. The van der Waals surface area contributed by atoms with Crippen LogP contribution in [0.25, 0.3) is 11.0 Å². The Balaban J connectivity index is 2.04. The molecule has 29 heavy (non-hydrogen) atoms. The molecule has 2 aromatic carbocycles. The van der Waals surface area contributed by atoms with Crippen molar-refractivity contribution in [2.45, 2.75) is 52.8 Å². The molecule has 0 bridgehead atoms. The zero-order chi connectivity index (χ0) is 21.2. The van der Waals surface area contributed by atoms with Gasteiger partial charge in [-0.15, -0.1) is 0 Å². The minimum atomic E-state index is -0.555. The predicted molar refractivity (Wildman–Crippen MR) is 120 cm³/mol. The number of imidazole rings is 1. The van der Waals surface area contributed by atoms with E-state index in [1.165, 1.54) is 5.56 Å². The van der Waals surface area contributed by atoms with Crippen LogP contribution >= 0.6 is 15.9 Å². The molecule has 6 heteroatoms. The fraction of sp³-hybridized carbons (Fsp3) is 0.391. The second-order valence-corrected chi connectivity index (χ2v) is 9.46. The molecule has 1 N–H and O–H groups in total. The van der Waals surface area contributed by atoms with Crippen LogP contribution in [0.15, 0.2) is 53.0 Å². The number of aromatic nitrogens is 2. The third-order valence-electron chi connectivity index (χ3n) is 4.54. The van der Waals surface area contributed by atoms with Crippen molar-refractivity contribution >= 4 is 33.1 Å². The van der Waals surface area contributed by atoms with Crippen LogP contribution in [-0.2, 0) is 11.3 Å². The van der Waals surface area contributed by atoms with E-state index in [-0.39, 0.29) is 12.0 Å². The largest absolute Gasteiger partial charge is 0.444 e. The molecule has 3 rings (SSSR count). The van der Waals surface area contributed by atoms with Crippen molar-refractivity contribution in [3.63, 3.8) is 0 Å². The normalized spacial score (nSPS) is 12.9. The first-order valence-corrected chi connectivity index (χ1v) is 10.6. The highest BCUT2D eigenvalue weighted by Gasteiger charge is 2.27. The average Bonchev–Trinajstić information content (AvgIpc) is 2.96. The molecule has 1 heterocycles. The Morgan fingerprint density at radius 3 is 2.48 bits per heavy atom. The fourth-order valence-electron chi connectivity index (χ4n) is 3.26. The molecular formula is C23H28BrN3O2. The molecule has 0 radical (unpaired) electrons. The van der Waals surface area contributed by atoms with Gasteiger partial charge in [-0.25, -0.2) is 9.78 Å². The Morgan fingerprint density at radius 2 is 1.86 bits per heavy atom. The smallest absolute Gasteiger partial charge is 0.408 e. The van der Waals surface area contributed by atoms with Gasteiger partial charge in [0, 0.05) is 11.0 Å². The molecule has 0 spiro atoms. The molecular weight excluding hydrogens is 430 g/mol. The van der Waals surface area contributed by atoms with Crippen molar-refractivity contribution in [1.82, 2.24) is 14.9 Å². The van der Waals surface area contributed by atoms with Gasteiger partial charge in [0.2, 0.25) is 0 Å². The summed E-state index contributed by atoms with van der Waals surface area (Å²) in [6.07, 6.45) is -0.435. The molecule has 0 aliphatic carbocycles. The van der Waals surface area contributed by atoms with E-state index >= 15 is 0 Å². The van der Waals surface area contributed by atoms with Gasteiger partial charge in [0.15, 0.2) is 0 Å². The monoisotopic (exact) mass is 457 g/mol. The molecule has 1 aromatic heterocycles. The minimum absolute atomic E-state index is 0.136. The summed E-state index contributed by atoms with van der Waals surface area (Å²) < 4.78 is 8.65. The third kappa shape index (κ3) is 5.38. The van der Waals surface area contributed by atoms with Gasteiger partial charge in [-0.2, -0.15) is 0 Å². The summed E-state index contributed by atoms with van der Waals surface area (Å²) >= 11 is 3.53. The SMILES string of the molecule is CC(C)C(NC(=O)OC(C)(C)C)c1nc2cc(Br)ccc2n1Cc1ccccc1. The Kier molecular flexibility index (Phi) is 6.32. The van der Waals surface area contributed by atoms with Crippen LogP contribution in [0.3, 0.4) is 0 Å². The van der Waals surface area contributed by atoms with E-state index < -0.39 is 11.7 Å². The topological polar surface area (TPSA) is 56.1 Å². The van der Waals surface area contributed by atoms with Crippen molar-refractivity contribution in [2.24, 2.45) is 5.92 Å². The Morgan fingerprint density at radius 1 is 1.17 bits per heavy atom. The first kappa shape index (κ1) is 21.4. The number of ether oxygens (including phenoxy) is 1. The van der Waals surface area contributed by atoms with Crippen molar-refractivity contribution in [2.75, 3.05) is 0 Å². The molecule has 0 aliphatic heterocycles. The molecule has 0 saturated heterocycles. The Bertz CT molecular complexity index is 991. The molecule has 0 fully saturated rings. The first-order chi connectivity index (χ1) is 13.6. The second kappa shape index (κ2) is 8.57. The lowest BCUT2D eigenvalue weighted by Crippen LogP contribution is -2.38. The lowest BCUT2D eigenvalue weighted by molar-refractivity contribution is 0.0485. The summed E-state index contributed by atoms with van der Waals surface area (Å²) in [5.41, 5.74) is 2.54. The highest BCUT2D eigenvalue weighted by molar-refractivity contribution is 9.10. The van der Waals surface area contributed by atoms with E-state index in [0.29, 0.717) is 6.54 Å². The van der Waals surface area contributed by atoms with Crippen LogP contribution in [0.4, 0.5) is 4.79 Å². The Hall–Kier alpha value is -2.34. The quantitative estimate of drug-likeness (QED) is 0.505. The summed E-state index contributed by atoms with van der Waals surface area (Å²) in [6, 6.07) is 16.1. The number of alkyl carbamates (subject to hydrolysis) is 1. The maximum atomic E-state index is 12.5. The number of hydrogen-bond acceptors (Lipinski definition) is 3. The number of carbonyl (C=O) groups excluding carboxylic acids is 1. The lowest BCUT2D eigenvalue weighted by atomic mass is 10.0. The van der Waals surface area contributed by atoms with Gasteiger partial charge in [-0.1, -0.05) is 60.1 Å². The third-order valence-corrected chi connectivity index (χ3v) is 5.03. The van der Waals surface area contributed by atoms with Crippen LogP contribution in [0.1, 0.15) is 52.0 Å². The number of amides is 1. The summed E-state index contributed by atoms with van der Waals surface area (Å²) in [6.45, 7) is 10.4. The standard InChI is InChI=1S/C23H28BrN3O2/c1-15(2)20(26-22(28)29-23(3,4)5)21-25-18-13-17(24)11-12-19(18)27(21)14-16-9-7-6-8-10-16/h6-13,15,20H,14H2,1-5H3,(H,26,28). The molecule has 154 valence electrons. The molecule has 0 aliphatic rings. The summed E-state index contributed by atoms with van der Waals surface area (Å²) in [7, 11) is 0.